The lowest BCUT2D eigenvalue weighted by molar-refractivity contribution is -0.137. The summed E-state index contributed by atoms with van der Waals surface area (Å²) in [5.74, 6) is 0. The van der Waals surface area contributed by atoms with E-state index in [-0.39, 0.29) is 6.04 Å². The fourth-order valence-corrected chi connectivity index (χ4v) is 2.13. The number of hydrogen-bond acceptors (Lipinski definition) is 2. The number of hydrogen-bond donors (Lipinski definition) is 1. The maximum Gasteiger partial charge on any atom is 0.416 e. The number of rotatable bonds is 5. The van der Waals surface area contributed by atoms with E-state index >= 15 is 0 Å². The molecule has 0 fully saturated rings. The average Bonchev–Trinajstić information content (AvgIpc) is 2.90. The number of alkyl halides is 3. The second-order valence-corrected chi connectivity index (χ2v) is 4.72. The Morgan fingerprint density at radius 2 is 1.90 bits per heavy atom. The highest BCUT2D eigenvalue weighted by Crippen LogP contribution is 2.29. The van der Waals surface area contributed by atoms with Gasteiger partial charge in [-0.25, -0.2) is 0 Å². The van der Waals surface area contributed by atoms with Crippen molar-refractivity contribution in [3.8, 4) is 0 Å². The van der Waals surface area contributed by atoms with Crippen LogP contribution in [0.15, 0.2) is 47.3 Å². The monoisotopic (exact) mass is 283 g/mol. The smallest absolute Gasteiger partial charge is 0.416 e. The van der Waals surface area contributed by atoms with Crippen LogP contribution in [0.3, 0.4) is 0 Å². The molecule has 1 N–H and O–H groups in total. The SMILES string of the molecule is CNC(Cc1ccoc1)Cc1cccc(C(F)(F)F)c1. The Morgan fingerprint density at radius 3 is 2.50 bits per heavy atom. The fraction of sp³-hybridized carbons (Fsp3) is 0.333. The molecule has 1 aromatic heterocycles. The Morgan fingerprint density at radius 1 is 1.15 bits per heavy atom. The number of benzene rings is 1. The molecule has 1 unspecified atom stereocenters. The van der Waals surface area contributed by atoms with E-state index in [0.29, 0.717) is 18.4 Å². The highest BCUT2D eigenvalue weighted by Gasteiger charge is 2.30. The molecular weight excluding hydrogens is 267 g/mol. The van der Waals surface area contributed by atoms with Gasteiger partial charge in [0.25, 0.3) is 0 Å². The number of halogens is 3. The van der Waals surface area contributed by atoms with Gasteiger partial charge in [0, 0.05) is 6.04 Å². The van der Waals surface area contributed by atoms with Crippen LogP contribution >= 0.6 is 0 Å². The standard InChI is InChI=1S/C15H16F3NO/c1-19-14(9-12-5-6-20-10-12)8-11-3-2-4-13(7-11)15(16,17)18/h2-7,10,14,19H,8-9H2,1H3. The van der Waals surface area contributed by atoms with Gasteiger partial charge in [0.05, 0.1) is 18.1 Å². The van der Waals surface area contributed by atoms with Crippen molar-refractivity contribution in [2.24, 2.45) is 0 Å². The molecule has 0 saturated carbocycles. The quantitative estimate of drug-likeness (QED) is 0.905. The summed E-state index contributed by atoms with van der Waals surface area (Å²) in [5.41, 5.74) is 1.09. The van der Waals surface area contributed by atoms with E-state index < -0.39 is 11.7 Å². The summed E-state index contributed by atoms with van der Waals surface area (Å²) in [6.45, 7) is 0. The van der Waals surface area contributed by atoms with Crippen LogP contribution in [0.4, 0.5) is 13.2 Å². The molecule has 5 heteroatoms. The van der Waals surface area contributed by atoms with Crippen molar-refractivity contribution in [3.05, 3.63) is 59.5 Å². The first-order chi connectivity index (χ1) is 9.49. The van der Waals surface area contributed by atoms with E-state index in [2.05, 4.69) is 5.32 Å². The summed E-state index contributed by atoms with van der Waals surface area (Å²) < 4.78 is 43.0. The van der Waals surface area contributed by atoms with Gasteiger partial charge in [-0.3, -0.25) is 0 Å². The van der Waals surface area contributed by atoms with Gasteiger partial charge in [0.15, 0.2) is 0 Å². The van der Waals surface area contributed by atoms with Crippen molar-refractivity contribution >= 4 is 0 Å². The van der Waals surface area contributed by atoms with Crippen molar-refractivity contribution in [2.45, 2.75) is 25.1 Å². The Labute approximate surface area is 115 Å². The summed E-state index contributed by atoms with van der Waals surface area (Å²) in [5, 5.41) is 3.12. The average molecular weight is 283 g/mol. The van der Waals surface area contributed by atoms with Gasteiger partial charge < -0.3 is 9.73 Å². The molecule has 0 radical (unpaired) electrons. The molecule has 1 atom stereocenters. The molecule has 0 bridgehead atoms. The van der Waals surface area contributed by atoms with Crippen molar-refractivity contribution in [1.29, 1.82) is 0 Å². The molecule has 1 heterocycles. The minimum Gasteiger partial charge on any atom is -0.472 e. The maximum atomic E-state index is 12.7. The molecule has 0 aliphatic rings. The molecule has 0 aliphatic heterocycles. The molecule has 0 spiro atoms. The Balaban J connectivity index is 2.07. The first kappa shape index (κ1) is 14.7. The molecule has 0 amide bonds. The first-order valence-electron chi connectivity index (χ1n) is 6.33. The van der Waals surface area contributed by atoms with Gasteiger partial charge in [0.2, 0.25) is 0 Å². The van der Waals surface area contributed by atoms with Gasteiger partial charge >= 0.3 is 6.18 Å². The van der Waals surface area contributed by atoms with Crippen LogP contribution in [-0.4, -0.2) is 13.1 Å². The van der Waals surface area contributed by atoms with Crippen LogP contribution in [0.5, 0.6) is 0 Å². The summed E-state index contributed by atoms with van der Waals surface area (Å²) in [6.07, 6.45) is 0.188. The Kier molecular flexibility index (Phi) is 4.49. The van der Waals surface area contributed by atoms with Crippen molar-refractivity contribution < 1.29 is 17.6 Å². The largest absolute Gasteiger partial charge is 0.472 e. The maximum absolute atomic E-state index is 12.7. The zero-order chi connectivity index (χ0) is 14.6. The van der Waals surface area contributed by atoms with Crippen LogP contribution in [0, 0.1) is 0 Å². The second-order valence-electron chi connectivity index (χ2n) is 4.72. The van der Waals surface area contributed by atoms with Gasteiger partial charge in [-0.1, -0.05) is 18.2 Å². The van der Waals surface area contributed by atoms with Crippen molar-refractivity contribution in [3.63, 3.8) is 0 Å². The van der Waals surface area contributed by atoms with E-state index in [4.69, 9.17) is 4.42 Å². The Bertz CT molecular complexity index is 534. The van der Waals surface area contributed by atoms with Crippen LogP contribution in [0.1, 0.15) is 16.7 Å². The molecule has 2 nitrogen and oxygen atoms in total. The number of likely N-dealkylation sites (N-methyl/N-ethyl adjacent to an activating group) is 1. The molecule has 2 aromatic rings. The molecular formula is C15H16F3NO. The minimum atomic E-state index is -4.30. The summed E-state index contributed by atoms with van der Waals surface area (Å²) in [4.78, 5) is 0. The van der Waals surface area contributed by atoms with Crippen molar-refractivity contribution in [1.82, 2.24) is 5.32 Å². The molecule has 0 aliphatic carbocycles. The number of nitrogens with one attached hydrogen (secondary N) is 1. The van der Waals surface area contributed by atoms with E-state index in [1.54, 1.807) is 25.6 Å². The minimum absolute atomic E-state index is 0.0658. The molecule has 0 saturated heterocycles. The zero-order valence-corrected chi connectivity index (χ0v) is 11.1. The summed E-state index contributed by atoms with van der Waals surface area (Å²) >= 11 is 0. The second kappa shape index (κ2) is 6.13. The molecule has 1 aromatic carbocycles. The first-order valence-corrected chi connectivity index (χ1v) is 6.33. The topological polar surface area (TPSA) is 25.2 Å². The highest BCUT2D eigenvalue weighted by atomic mass is 19.4. The zero-order valence-electron chi connectivity index (χ0n) is 11.1. The normalized spacial score (nSPS) is 13.4. The van der Waals surface area contributed by atoms with Crippen LogP contribution in [0.25, 0.3) is 0 Å². The molecule has 2 rings (SSSR count). The molecule has 108 valence electrons. The van der Waals surface area contributed by atoms with E-state index in [0.717, 1.165) is 11.6 Å². The van der Waals surface area contributed by atoms with E-state index in [9.17, 15) is 13.2 Å². The lowest BCUT2D eigenvalue weighted by atomic mass is 9.99. The molecule has 20 heavy (non-hydrogen) atoms. The van der Waals surface area contributed by atoms with Gasteiger partial charge in [0.1, 0.15) is 0 Å². The van der Waals surface area contributed by atoms with Crippen LogP contribution in [0.2, 0.25) is 0 Å². The van der Waals surface area contributed by atoms with E-state index in [1.807, 2.05) is 6.07 Å². The predicted octanol–water partition coefficient (Wildman–Crippen LogP) is 3.67. The Hall–Kier alpha value is -1.75. The number of furan rings is 1. The third-order valence-corrected chi connectivity index (χ3v) is 3.21. The van der Waals surface area contributed by atoms with Crippen LogP contribution in [-0.2, 0) is 19.0 Å². The van der Waals surface area contributed by atoms with Gasteiger partial charge in [-0.2, -0.15) is 13.2 Å². The van der Waals surface area contributed by atoms with Crippen LogP contribution < -0.4 is 5.32 Å². The summed E-state index contributed by atoms with van der Waals surface area (Å²) in [6, 6.07) is 7.39. The van der Waals surface area contributed by atoms with Gasteiger partial charge in [-0.15, -0.1) is 0 Å². The fourth-order valence-electron chi connectivity index (χ4n) is 2.13. The van der Waals surface area contributed by atoms with E-state index in [1.165, 1.54) is 12.1 Å². The lowest BCUT2D eigenvalue weighted by Gasteiger charge is -2.16. The predicted molar refractivity (Wildman–Crippen MR) is 70.4 cm³/mol. The third-order valence-electron chi connectivity index (χ3n) is 3.21. The van der Waals surface area contributed by atoms with Crippen molar-refractivity contribution in [2.75, 3.05) is 7.05 Å². The highest BCUT2D eigenvalue weighted by molar-refractivity contribution is 5.26. The lowest BCUT2D eigenvalue weighted by Crippen LogP contribution is -2.29. The van der Waals surface area contributed by atoms with Gasteiger partial charge in [-0.05, 0) is 43.1 Å². The summed E-state index contributed by atoms with van der Waals surface area (Å²) in [7, 11) is 1.80. The third kappa shape index (κ3) is 3.87.